The third kappa shape index (κ3) is 5.20. The van der Waals surface area contributed by atoms with Gasteiger partial charge in [0.25, 0.3) is 5.91 Å². The predicted octanol–water partition coefficient (Wildman–Crippen LogP) is 4.35. The second-order valence-corrected chi connectivity index (χ2v) is 6.64. The third-order valence-electron chi connectivity index (χ3n) is 4.19. The van der Waals surface area contributed by atoms with Crippen LogP contribution in [0.1, 0.15) is 21.6 Å². The van der Waals surface area contributed by atoms with E-state index in [1.807, 2.05) is 37.3 Å². The molecule has 7 heteroatoms. The number of anilines is 2. The molecule has 0 radical (unpaired) electrons. The number of carbonyl (C=O) groups is 1. The van der Waals surface area contributed by atoms with E-state index in [4.69, 9.17) is 16.3 Å². The number of rotatable bonds is 7. The fourth-order valence-electron chi connectivity index (χ4n) is 2.53. The molecular formula is C21H21ClN4O2. The molecule has 2 aromatic carbocycles. The minimum atomic E-state index is -0.336. The zero-order valence-corrected chi connectivity index (χ0v) is 16.5. The molecule has 0 saturated heterocycles. The molecule has 3 rings (SSSR count). The van der Waals surface area contributed by atoms with Crippen molar-refractivity contribution in [2.75, 3.05) is 24.3 Å². The Morgan fingerprint density at radius 1 is 1.11 bits per heavy atom. The second-order valence-electron chi connectivity index (χ2n) is 6.23. The zero-order valence-electron chi connectivity index (χ0n) is 15.7. The first kappa shape index (κ1) is 19.6. The van der Waals surface area contributed by atoms with E-state index in [1.165, 1.54) is 11.8 Å². The average Bonchev–Trinajstić information content (AvgIpc) is 2.72. The zero-order chi connectivity index (χ0) is 19.9. The summed E-state index contributed by atoms with van der Waals surface area (Å²) in [5.74, 6) is 1.12. The standard InChI is InChI=1S/C21H21ClN4O2/c1-14-3-6-16(11-18(14)22)26-21(27)19-12-25-20(13-24-19)23-10-9-15-4-7-17(28-2)8-5-15/h3-8,11-13H,9-10H2,1-2H3,(H,23,25)(H,26,27). The number of nitrogens with one attached hydrogen (secondary N) is 2. The molecule has 0 atom stereocenters. The molecule has 6 nitrogen and oxygen atoms in total. The number of nitrogens with zero attached hydrogens (tertiary/aromatic N) is 2. The minimum Gasteiger partial charge on any atom is -0.497 e. The van der Waals surface area contributed by atoms with Crippen molar-refractivity contribution < 1.29 is 9.53 Å². The molecule has 0 aliphatic carbocycles. The fourth-order valence-corrected chi connectivity index (χ4v) is 2.71. The lowest BCUT2D eigenvalue weighted by molar-refractivity contribution is 0.102. The van der Waals surface area contributed by atoms with Gasteiger partial charge in [0, 0.05) is 17.3 Å². The molecule has 1 heterocycles. The molecule has 1 aromatic heterocycles. The number of aryl methyl sites for hydroxylation is 1. The number of methoxy groups -OCH3 is 1. The lowest BCUT2D eigenvalue weighted by Crippen LogP contribution is -2.15. The van der Waals surface area contributed by atoms with Crippen LogP contribution in [-0.2, 0) is 6.42 Å². The number of amides is 1. The Bertz CT molecular complexity index is 944. The molecule has 0 saturated carbocycles. The lowest BCUT2D eigenvalue weighted by Gasteiger charge is -2.08. The number of carbonyl (C=O) groups excluding carboxylic acids is 1. The van der Waals surface area contributed by atoms with Crippen molar-refractivity contribution in [2.45, 2.75) is 13.3 Å². The molecule has 144 valence electrons. The quantitative estimate of drug-likeness (QED) is 0.620. The molecule has 28 heavy (non-hydrogen) atoms. The number of halogens is 1. The smallest absolute Gasteiger partial charge is 0.275 e. The van der Waals surface area contributed by atoms with Gasteiger partial charge in [0.05, 0.1) is 19.5 Å². The molecule has 0 spiro atoms. The summed E-state index contributed by atoms with van der Waals surface area (Å²) >= 11 is 6.08. The van der Waals surface area contributed by atoms with Crippen LogP contribution in [0.15, 0.2) is 54.9 Å². The van der Waals surface area contributed by atoms with E-state index in [-0.39, 0.29) is 11.6 Å². The van der Waals surface area contributed by atoms with Gasteiger partial charge in [-0.3, -0.25) is 4.79 Å². The van der Waals surface area contributed by atoms with Gasteiger partial charge in [-0.15, -0.1) is 0 Å². The van der Waals surface area contributed by atoms with Crippen LogP contribution in [0.5, 0.6) is 5.75 Å². The monoisotopic (exact) mass is 396 g/mol. The van der Waals surface area contributed by atoms with E-state index < -0.39 is 0 Å². The fraction of sp³-hybridized carbons (Fsp3) is 0.190. The summed E-state index contributed by atoms with van der Waals surface area (Å²) in [6.07, 6.45) is 3.83. The Balaban J connectivity index is 1.52. The number of ether oxygens (including phenoxy) is 1. The van der Waals surface area contributed by atoms with Crippen LogP contribution in [-0.4, -0.2) is 29.5 Å². The van der Waals surface area contributed by atoms with Gasteiger partial charge in [0.2, 0.25) is 0 Å². The number of benzene rings is 2. The predicted molar refractivity (Wildman–Crippen MR) is 111 cm³/mol. The van der Waals surface area contributed by atoms with Gasteiger partial charge in [-0.2, -0.15) is 0 Å². The van der Waals surface area contributed by atoms with Crippen molar-refractivity contribution in [1.29, 1.82) is 0 Å². The van der Waals surface area contributed by atoms with Gasteiger partial charge in [0.15, 0.2) is 0 Å². The second kappa shape index (κ2) is 9.19. The van der Waals surface area contributed by atoms with Crippen molar-refractivity contribution in [3.63, 3.8) is 0 Å². The summed E-state index contributed by atoms with van der Waals surface area (Å²) in [7, 11) is 1.65. The molecule has 0 aliphatic rings. The highest BCUT2D eigenvalue weighted by Crippen LogP contribution is 2.20. The van der Waals surface area contributed by atoms with E-state index in [9.17, 15) is 4.79 Å². The number of hydrogen-bond acceptors (Lipinski definition) is 5. The van der Waals surface area contributed by atoms with Crippen LogP contribution < -0.4 is 15.4 Å². The molecule has 1 amide bonds. The molecule has 0 unspecified atom stereocenters. The van der Waals surface area contributed by atoms with Gasteiger partial charge in [-0.1, -0.05) is 29.8 Å². The summed E-state index contributed by atoms with van der Waals surface area (Å²) < 4.78 is 5.15. The average molecular weight is 397 g/mol. The lowest BCUT2D eigenvalue weighted by atomic mass is 10.1. The molecule has 3 aromatic rings. The van der Waals surface area contributed by atoms with E-state index in [1.54, 1.807) is 25.4 Å². The van der Waals surface area contributed by atoms with Crippen LogP contribution >= 0.6 is 11.6 Å². The summed E-state index contributed by atoms with van der Waals surface area (Å²) in [6, 6.07) is 13.3. The van der Waals surface area contributed by atoms with E-state index in [2.05, 4.69) is 20.6 Å². The van der Waals surface area contributed by atoms with E-state index in [0.717, 1.165) is 17.7 Å². The Morgan fingerprint density at radius 2 is 1.89 bits per heavy atom. The van der Waals surface area contributed by atoms with Crippen molar-refractivity contribution in [1.82, 2.24) is 9.97 Å². The highest BCUT2D eigenvalue weighted by molar-refractivity contribution is 6.31. The summed E-state index contributed by atoms with van der Waals surface area (Å²) in [5.41, 5.74) is 2.99. The van der Waals surface area contributed by atoms with Crippen molar-refractivity contribution in [3.8, 4) is 5.75 Å². The molecule has 0 fully saturated rings. The first-order valence-corrected chi connectivity index (χ1v) is 9.19. The van der Waals surface area contributed by atoms with Crippen molar-refractivity contribution in [3.05, 3.63) is 76.7 Å². The maximum Gasteiger partial charge on any atom is 0.275 e. The first-order chi connectivity index (χ1) is 13.5. The van der Waals surface area contributed by atoms with Crippen LogP contribution in [0, 0.1) is 6.92 Å². The topological polar surface area (TPSA) is 76.1 Å². The molecule has 0 bridgehead atoms. The summed E-state index contributed by atoms with van der Waals surface area (Å²) in [6.45, 7) is 2.61. The summed E-state index contributed by atoms with van der Waals surface area (Å²) in [4.78, 5) is 20.7. The normalized spacial score (nSPS) is 10.4. The third-order valence-corrected chi connectivity index (χ3v) is 4.60. The van der Waals surface area contributed by atoms with Crippen molar-refractivity contribution in [2.24, 2.45) is 0 Å². The Kier molecular flexibility index (Phi) is 6.45. The Labute approximate surface area is 168 Å². The van der Waals surface area contributed by atoms with Gasteiger partial charge < -0.3 is 15.4 Å². The Hall–Kier alpha value is -3.12. The number of hydrogen-bond donors (Lipinski definition) is 2. The maximum atomic E-state index is 12.3. The molecule has 0 aliphatic heterocycles. The van der Waals surface area contributed by atoms with Crippen LogP contribution in [0.3, 0.4) is 0 Å². The van der Waals surface area contributed by atoms with E-state index in [0.29, 0.717) is 23.1 Å². The SMILES string of the molecule is COc1ccc(CCNc2cnc(C(=O)Nc3ccc(C)c(Cl)c3)cn2)cc1. The van der Waals surface area contributed by atoms with Crippen molar-refractivity contribution >= 4 is 29.0 Å². The minimum absolute atomic E-state index is 0.234. The number of aromatic nitrogens is 2. The molecular weight excluding hydrogens is 376 g/mol. The molecule has 2 N–H and O–H groups in total. The largest absolute Gasteiger partial charge is 0.497 e. The highest BCUT2D eigenvalue weighted by atomic mass is 35.5. The Morgan fingerprint density at radius 3 is 2.54 bits per heavy atom. The van der Waals surface area contributed by atoms with Crippen LogP contribution in [0.4, 0.5) is 11.5 Å². The van der Waals surface area contributed by atoms with E-state index >= 15 is 0 Å². The first-order valence-electron chi connectivity index (χ1n) is 8.81. The van der Waals surface area contributed by atoms with Crippen LogP contribution in [0.2, 0.25) is 5.02 Å². The summed E-state index contributed by atoms with van der Waals surface area (Å²) in [5, 5.41) is 6.56. The van der Waals surface area contributed by atoms with Crippen LogP contribution in [0.25, 0.3) is 0 Å². The van der Waals surface area contributed by atoms with Gasteiger partial charge in [-0.05, 0) is 48.7 Å². The highest BCUT2D eigenvalue weighted by Gasteiger charge is 2.09. The van der Waals surface area contributed by atoms with Gasteiger partial charge in [0.1, 0.15) is 17.3 Å². The maximum absolute atomic E-state index is 12.3. The van der Waals surface area contributed by atoms with Gasteiger partial charge in [-0.25, -0.2) is 9.97 Å². The van der Waals surface area contributed by atoms with Gasteiger partial charge >= 0.3 is 0 Å².